The Kier molecular flexibility index (Phi) is 6.44. The van der Waals surface area contributed by atoms with Crippen molar-refractivity contribution in [3.8, 4) is 0 Å². The van der Waals surface area contributed by atoms with Crippen molar-refractivity contribution >= 4 is 45.6 Å². The summed E-state index contributed by atoms with van der Waals surface area (Å²) in [5, 5.41) is 16.9. The Morgan fingerprint density at radius 2 is 1.97 bits per heavy atom. The van der Waals surface area contributed by atoms with Crippen LogP contribution in [0.25, 0.3) is 11.0 Å². The number of anilines is 3. The van der Waals surface area contributed by atoms with Gasteiger partial charge in [-0.05, 0) is 43.2 Å². The van der Waals surface area contributed by atoms with Crippen molar-refractivity contribution in [2.45, 2.75) is 25.0 Å². The lowest BCUT2D eigenvalue weighted by atomic mass is 10.0. The first kappa shape index (κ1) is 22.3. The van der Waals surface area contributed by atoms with Crippen molar-refractivity contribution < 1.29 is 14.6 Å². The molecular formula is C25H24ClN5O3. The van der Waals surface area contributed by atoms with E-state index in [1.165, 1.54) is 6.33 Å². The third kappa shape index (κ3) is 4.61. The van der Waals surface area contributed by atoms with E-state index < -0.39 is 0 Å². The van der Waals surface area contributed by atoms with Crippen LogP contribution in [0.4, 0.5) is 17.2 Å². The van der Waals surface area contributed by atoms with Crippen LogP contribution in [0, 0.1) is 0 Å². The molecule has 1 unspecified atom stereocenters. The van der Waals surface area contributed by atoms with E-state index in [9.17, 15) is 9.90 Å². The van der Waals surface area contributed by atoms with Gasteiger partial charge in [-0.3, -0.25) is 4.79 Å². The fourth-order valence-electron chi connectivity index (χ4n) is 4.12. The number of carbonyl (C=O) groups excluding carboxylic acids is 1. The Bertz CT molecular complexity index is 1300. The third-order valence-corrected chi connectivity index (χ3v) is 6.22. The summed E-state index contributed by atoms with van der Waals surface area (Å²) < 4.78 is 5.67. The molecule has 0 spiro atoms. The number of halogens is 1. The van der Waals surface area contributed by atoms with Crippen molar-refractivity contribution in [3.63, 3.8) is 0 Å². The van der Waals surface area contributed by atoms with Crippen molar-refractivity contribution in [2.24, 2.45) is 0 Å². The van der Waals surface area contributed by atoms with E-state index in [0.29, 0.717) is 39.6 Å². The molecule has 2 aromatic carbocycles. The summed E-state index contributed by atoms with van der Waals surface area (Å²) in [6.45, 7) is 0.466. The average Bonchev–Trinajstić information content (AvgIpc) is 3.30. The highest BCUT2D eigenvalue weighted by atomic mass is 35.5. The fraction of sp³-hybridized carbons (Fsp3) is 0.240. The second-order valence-corrected chi connectivity index (χ2v) is 8.63. The molecule has 174 valence electrons. The molecule has 0 saturated carbocycles. The number of nitrogens with one attached hydrogen (secondary N) is 3. The zero-order valence-corrected chi connectivity index (χ0v) is 19.0. The molecule has 2 atom stereocenters. The number of aliphatic hydroxyl groups is 1. The average molecular weight is 478 g/mol. The van der Waals surface area contributed by atoms with E-state index >= 15 is 0 Å². The summed E-state index contributed by atoms with van der Waals surface area (Å²) in [5.41, 5.74) is 3.11. The Hall–Kier alpha value is -3.46. The molecule has 5 rings (SSSR count). The Balaban J connectivity index is 1.40. The highest BCUT2D eigenvalue weighted by Crippen LogP contribution is 2.31. The van der Waals surface area contributed by atoms with Crippen LogP contribution in [0.1, 0.15) is 28.8 Å². The van der Waals surface area contributed by atoms with Gasteiger partial charge in [-0.15, -0.1) is 0 Å². The lowest BCUT2D eigenvalue weighted by Gasteiger charge is -2.29. The number of hydrogen-bond donors (Lipinski definition) is 4. The standard InChI is InChI=1S/C25H24ClN5O3/c26-21-10-16(30-15-4-2-1-3-5-15)7-9-19(21)23(33)20-11-27-24-22(20)25(29-14-28-24)31-17-6-8-18(12-32)34-13-17/h1-5,7,9-11,14,17-18,30,32H,6,8,12-13H2,(H2,27,28,29,31)/t17?,18-/m0/s1. The summed E-state index contributed by atoms with van der Waals surface area (Å²) in [6.07, 6.45) is 4.53. The van der Waals surface area contributed by atoms with Gasteiger partial charge in [0.05, 0.1) is 41.3 Å². The van der Waals surface area contributed by atoms with Crippen LogP contribution in [-0.4, -0.2) is 51.2 Å². The van der Waals surface area contributed by atoms with Gasteiger partial charge in [-0.25, -0.2) is 9.97 Å². The van der Waals surface area contributed by atoms with Gasteiger partial charge in [-0.2, -0.15) is 0 Å². The normalized spacial score (nSPS) is 18.1. The number of fused-ring (bicyclic) bond motifs is 1. The smallest absolute Gasteiger partial charge is 0.196 e. The minimum absolute atomic E-state index is 0.0152. The molecule has 0 amide bonds. The predicted molar refractivity (Wildman–Crippen MR) is 132 cm³/mol. The highest BCUT2D eigenvalue weighted by Gasteiger charge is 2.25. The second-order valence-electron chi connectivity index (χ2n) is 8.22. The second kappa shape index (κ2) is 9.80. The van der Waals surface area contributed by atoms with Crippen LogP contribution in [0.5, 0.6) is 0 Å². The van der Waals surface area contributed by atoms with Gasteiger partial charge in [0.15, 0.2) is 5.78 Å². The molecule has 4 aromatic rings. The molecule has 2 aromatic heterocycles. The summed E-state index contributed by atoms with van der Waals surface area (Å²) >= 11 is 6.53. The van der Waals surface area contributed by atoms with Gasteiger partial charge in [-0.1, -0.05) is 29.8 Å². The topological polar surface area (TPSA) is 112 Å². The summed E-state index contributed by atoms with van der Waals surface area (Å²) in [4.78, 5) is 25.2. The number of carbonyl (C=O) groups is 1. The molecule has 1 aliphatic heterocycles. The highest BCUT2D eigenvalue weighted by molar-refractivity contribution is 6.36. The van der Waals surface area contributed by atoms with Crippen LogP contribution >= 0.6 is 11.6 Å². The van der Waals surface area contributed by atoms with Crippen LogP contribution in [0.15, 0.2) is 61.1 Å². The van der Waals surface area contributed by atoms with Gasteiger partial charge >= 0.3 is 0 Å². The lowest BCUT2D eigenvalue weighted by molar-refractivity contribution is -0.0224. The molecule has 0 radical (unpaired) electrons. The molecule has 3 heterocycles. The maximum Gasteiger partial charge on any atom is 0.196 e. The lowest BCUT2D eigenvalue weighted by Crippen LogP contribution is -2.36. The SMILES string of the molecule is O=C(c1ccc(Nc2ccccc2)cc1Cl)c1c[nH]c2ncnc(NC3CC[C@@H](CO)OC3)c12. The summed E-state index contributed by atoms with van der Waals surface area (Å²) in [5.74, 6) is 0.338. The quantitative estimate of drug-likeness (QED) is 0.289. The Labute approximate surface area is 201 Å². The molecule has 0 bridgehead atoms. The number of aromatic nitrogens is 3. The Morgan fingerprint density at radius 3 is 2.71 bits per heavy atom. The van der Waals surface area contributed by atoms with E-state index in [4.69, 9.17) is 16.3 Å². The maximum atomic E-state index is 13.5. The number of aromatic amines is 1. The van der Waals surface area contributed by atoms with Gasteiger partial charge in [0.2, 0.25) is 0 Å². The number of hydrogen-bond acceptors (Lipinski definition) is 7. The fourth-order valence-corrected chi connectivity index (χ4v) is 4.39. The number of nitrogens with zero attached hydrogens (tertiary/aromatic N) is 2. The minimum Gasteiger partial charge on any atom is -0.394 e. The van der Waals surface area contributed by atoms with Gasteiger partial charge in [0.1, 0.15) is 17.8 Å². The van der Waals surface area contributed by atoms with Crippen molar-refractivity contribution in [1.29, 1.82) is 0 Å². The maximum absolute atomic E-state index is 13.5. The zero-order chi connectivity index (χ0) is 23.5. The van der Waals surface area contributed by atoms with Gasteiger partial charge in [0.25, 0.3) is 0 Å². The Morgan fingerprint density at radius 1 is 1.12 bits per heavy atom. The molecule has 1 saturated heterocycles. The number of ketones is 1. The zero-order valence-electron chi connectivity index (χ0n) is 18.3. The van der Waals surface area contributed by atoms with Crippen molar-refractivity contribution in [1.82, 2.24) is 15.0 Å². The number of aliphatic hydroxyl groups excluding tert-OH is 1. The molecule has 1 fully saturated rings. The molecule has 9 heteroatoms. The molecular weight excluding hydrogens is 454 g/mol. The van der Waals surface area contributed by atoms with Crippen LogP contribution in [-0.2, 0) is 4.74 Å². The summed E-state index contributed by atoms with van der Waals surface area (Å²) in [7, 11) is 0. The van der Waals surface area contributed by atoms with Crippen LogP contribution in [0.2, 0.25) is 5.02 Å². The van der Waals surface area contributed by atoms with Gasteiger partial charge < -0.3 is 25.5 Å². The monoisotopic (exact) mass is 477 g/mol. The molecule has 34 heavy (non-hydrogen) atoms. The third-order valence-electron chi connectivity index (χ3n) is 5.91. The number of ether oxygens (including phenoxy) is 1. The molecule has 4 N–H and O–H groups in total. The summed E-state index contributed by atoms with van der Waals surface area (Å²) in [6, 6.07) is 15.0. The first-order valence-corrected chi connectivity index (χ1v) is 11.5. The van der Waals surface area contributed by atoms with E-state index in [2.05, 4.69) is 25.6 Å². The molecule has 8 nitrogen and oxygen atoms in total. The molecule has 1 aliphatic rings. The van der Waals surface area contributed by atoms with E-state index in [1.54, 1.807) is 18.3 Å². The van der Waals surface area contributed by atoms with E-state index in [-0.39, 0.29) is 24.5 Å². The van der Waals surface area contributed by atoms with Crippen molar-refractivity contribution in [3.05, 3.63) is 77.2 Å². The number of rotatable bonds is 7. The van der Waals surface area contributed by atoms with E-state index in [0.717, 1.165) is 24.2 Å². The van der Waals surface area contributed by atoms with Crippen LogP contribution < -0.4 is 10.6 Å². The first-order chi connectivity index (χ1) is 16.6. The first-order valence-electron chi connectivity index (χ1n) is 11.1. The number of benzene rings is 2. The largest absolute Gasteiger partial charge is 0.394 e. The van der Waals surface area contributed by atoms with Gasteiger partial charge in [0, 0.05) is 23.1 Å². The number of para-hydroxylation sites is 1. The predicted octanol–water partition coefficient (Wildman–Crippen LogP) is 4.54. The van der Waals surface area contributed by atoms with Crippen LogP contribution in [0.3, 0.4) is 0 Å². The van der Waals surface area contributed by atoms with Crippen molar-refractivity contribution in [2.75, 3.05) is 23.8 Å². The number of H-pyrrole nitrogens is 1. The van der Waals surface area contributed by atoms with E-state index in [1.807, 2.05) is 36.4 Å². The minimum atomic E-state index is -0.222. The molecule has 0 aliphatic carbocycles.